The predicted molar refractivity (Wildman–Crippen MR) is 84.2 cm³/mol. The van der Waals surface area contributed by atoms with Crippen molar-refractivity contribution in [3.8, 4) is 0 Å². The van der Waals surface area contributed by atoms with E-state index in [0.717, 1.165) is 19.3 Å². The van der Waals surface area contributed by atoms with Crippen molar-refractivity contribution in [3.63, 3.8) is 0 Å². The highest BCUT2D eigenvalue weighted by molar-refractivity contribution is 5.79. The smallest absolute Gasteiger partial charge is 0.225 e. The number of carbonyl (C=O) groups excluding carboxylic acids is 1. The van der Waals surface area contributed by atoms with Gasteiger partial charge in [-0.3, -0.25) is 9.48 Å². The molecule has 0 aliphatic heterocycles. The van der Waals surface area contributed by atoms with Crippen LogP contribution in [0, 0.1) is 12.8 Å². The van der Waals surface area contributed by atoms with Gasteiger partial charge in [-0.2, -0.15) is 5.10 Å². The van der Waals surface area contributed by atoms with Crippen molar-refractivity contribution in [2.45, 2.75) is 45.2 Å². The Kier molecular flexibility index (Phi) is 3.96. The molecule has 1 unspecified atom stereocenters. The lowest BCUT2D eigenvalue weighted by molar-refractivity contribution is -0.125. The standard InChI is InChI=1S/C17H22N4O/c1-13-5-3-4-6-15(13)9-17(7-8-17)20-16(22)14(2)10-21-12-18-11-19-21/h3-6,11-12,14H,7-10H2,1-2H3,(H,20,22). The Bertz CT molecular complexity index is 646. The number of nitrogens with one attached hydrogen (secondary N) is 1. The van der Waals surface area contributed by atoms with Gasteiger partial charge in [0, 0.05) is 5.54 Å². The highest BCUT2D eigenvalue weighted by Crippen LogP contribution is 2.39. The number of carbonyl (C=O) groups is 1. The van der Waals surface area contributed by atoms with Gasteiger partial charge in [0.1, 0.15) is 12.7 Å². The average Bonchev–Trinajstić information content (AvgIpc) is 3.04. The molecule has 1 atom stereocenters. The Morgan fingerprint density at radius 2 is 2.18 bits per heavy atom. The molecular weight excluding hydrogens is 276 g/mol. The summed E-state index contributed by atoms with van der Waals surface area (Å²) in [5.74, 6) is -0.0161. The molecule has 1 aliphatic carbocycles. The van der Waals surface area contributed by atoms with E-state index < -0.39 is 0 Å². The topological polar surface area (TPSA) is 59.8 Å². The molecule has 1 fully saturated rings. The van der Waals surface area contributed by atoms with Crippen molar-refractivity contribution in [2.75, 3.05) is 0 Å². The average molecular weight is 298 g/mol. The molecule has 1 aromatic heterocycles. The number of hydrogen-bond acceptors (Lipinski definition) is 3. The summed E-state index contributed by atoms with van der Waals surface area (Å²) in [6.07, 6.45) is 6.17. The van der Waals surface area contributed by atoms with E-state index in [4.69, 9.17) is 0 Å². The first-order valence-electron chi connectivity index (χ1n) is 7.77. The van der Waals surface area contributed by atoms with Crippen LogP contribution in [0.5, 0.6) is 0 Å². The number of aryl methyl sites for hydroxylation is 1. The van der Waals surface area contributed by atoms with Gasteiger partial charge in [-0.15, -0.1) is 0 Å². The fourth-order valence-corrected chi connectivity index (χ4v) is 2.74. The zero-order valence-corrected chi connectivity index (χ0v) is 13.1. The quantitative estimate of drug-likeness (QED) is 0.888. The predicted octanol–water partition coefficient (Wildman–Crippen LogP) is 2.11. The minimum atomic E-state index is -0.115. The van der Waals surface area contributed by atoms with E-state index in [0.29, 0.717) is 6.54 Å². The van der Waals surface area contributed by atoms with Gasteiger partial charge in [-0.05, 0) is 37.3 Å². The molecule has 1 saturated carbocycles. The van der Waals surface area contributed by atoms with Crippen LogP contribution < -0.4 is 5.32 Å². The van der Waals surface area contributed by atoms with E-state index >= 15 is 0 Å². The number of nitrogens with zero attached hydrogens (tertiary/aromatic N) is 3. The zero-order valence-electron chi connectivity index (χ0n) is 13.1. The number of aromatic nitrogens is 3. The van der Waals surface area contributed by atoms with E-state index in [-0.39, 0.29) is 17.4 Å². The van der Waals surface area contributed by atoms with Crippen molar-refractivity contribution < 1.29 is 4.79 Å². The third-order valence-electron chi connectivity index (χ3n) is 4.41. The van der Waals surface area contributed by atoms with Crippen LogP contribution in [0.4, 0.5) is 0 Å². The molecular formula is C17H22N4O. The van der Waals surface area contributed by atoms with Gasteiger partial charge in [0.25, 0.3) is 0 Å². The molecule has 22 heavy (non-hydrogen) atoms. The van der Waals surface area contributed by atoms with Gasteiger partial charge >= 0.3 is 0 Å². The molecule has 1 amide bonds. The van der Waals surface area contributed by atoms with Crippen LogP contribution in [0.2, 0.25) is 0 Å². The molecule has 1 heterocycles. The van der Waals surface area contributed by atoms with E-state index in [1.54, 1.807) is 11.0 Å². The molecule has 116 valence electrons. The van der Waals surface area contributed by atoms with Crippen molar-refractivity contribution in [1.29, 1.82) is 0 Å². The van der Waals surface area contributed by atoms with Crippen LogP contribution in [0.1, 0.15) is 30.9 Å². The maximum absolute atomic E-state index is 12.4. The van der Waals surface area contributed by atoms with Crippen LogP contribution in [0.25, 0.3) is 0 Å². The lowest BCUT2D eigenvalue weighted by Gasteiger charge is -2.21. The molecule has 0 spiro atoms. The first kappa shape index (κ1) is 14.8. The number of benzene rings is 1. The van der Waals surface area contributed by atoms with Crippen LogP contribution in [-0.4, -0.2) is 26.2 Å². The summed E-state index contributed by atoms with van der Waals surface area (Å²) in [6.45, 7) is 4.62. The minimum Gasteiger partial charge on any atom is -0.350 e. The van der Waals surface area contributed by atoms with Gasteiger partial charge in [-0.25, -0.2) is 4.98 Å². The van der Waals surface area contributed by atoms with Gasteiger partial charge in [0.2, 0.25) is 5.91 Å². The Balaban J connectivity index is 1.60. The molecule has 0 radical (unpaired) electrons. The largest absolute Gasteiger partial charge is 0.350 e. The van der Waals surface area contributed by atoms with E-state index in [1.165, 1.54) is 17.5 Å². The first-order valence-corrected chi connectivity index (χ1v) is 7.77. The summed E-state index contributed by atoms with van der Waals surface area (Å²) < 4.78 is 1.70. The summed E-state index contributed by atoms with van der Waals surface area (Å²) in [7, 11) is 0. The van der Waals surface area contributed by atoms with Crippen molar-refractivity contribution in [2.24, 2.45) is 5.92 Å². The molecule has 3 rings (SSSR count). The monoisotopic (exact) mass is 298 g/mol. The van der Waals surface area contributed by atoms with Crippen molar-refractivity contribution in [3.05, 3.63) is 48.0 Å². The summed E-state index contributed by atoms with van der Waals surface area (Å²) >= 11 is 0. The lowest BCUT2D eigenvalue weighted by atomic mass is 9.99. The van der Waals surface area contributed by atoms with Crippen LogP contribution >= 0.6 is 0 Å². The van der Waals surface area contributed by atoms with Crippen LogP contribution in [0.3, 0.4) is 0 Å². The van der Waals surface area contributed by atoms with Crippen LogP contribution in [-0.2, 0) is 17.8 Å². The van der Waals surface area contributed by atoms with Gasteiger partial charge < -0.3 is 5.32 Å². The second-order valence-electron chi connectivity index (χ2n) is 6.39. The fourth-order valence-electron chi connectivity index (χ4n) is 2.74. The second-order valence-corrected chi connectivity index (χ2v) is 6.39. The lowest BCUT2D eigenvalue weighted by Crippen LogP contribution is -2.42. The van der Waals surface area contributed by atoms with Crippen LogP contribution in [0.15, 0.2) is 36.9 Å². The fraction of sp³-hybridized carbons (Fsp3) is 0.471. The van der Waals surface area contributed by atoms with Gasteiger partial charge in [-0.1, -0.05) is 31.2 Å². The van der Waals surface area contributed by atoms with Gasteiger partial charge in [0.15, 0.2) is 0 Å². The maximum atomic E-state index is 12.4. The van der Waals surface area contributed by atoms with E-state index in [9.17, 15) is 4.79 Å². The summed E-state index contributed by atoms with van der Waals surface area (Å²) in [5, 5.41) is 7.31. The molecule has 1 N–H and O–H groups in total. The summed E-state index contributed by atoms with van der Waals surface area (Å²) in [4.78, 5) is 16.3. The highest BCUT2D eigenvalue weighted by Gasteiger charge is 2.44. The maximum Gasteiger partial charge on any atom is 0.225 e. The highest BCUT2D eigenvalue weighted by atomic mass is 16.2. The van der Waals surface area contributed by atoms with Crippen molar-refractivity contribution in [1.82, 2.24) is 20.1 Å². The molecule has 1 aliphatic rings. The SMILES string of the molecule is Cc1ccccc1CC1(NC(=O)C(C)Cn2cncn2)CC1. The summed E-state index contributed by atoms with van der Waals surface area (Å²) in [5.41, 5.74) is 2.57. The van der Waals surface area contributed by atoms with Gasteiger partial charge in [0.05, 0.1) is 12.5 Å². The molecule has 0 bridgehead atoms. The molecule has 5 nitrogen and oxygen atoms in total. The number of rotatable bonds is 6. The number of hydrogen-bond donors (Lipinski definition) is 1. The first-order chi connectivity index (χ1) is 10.6. The summed E-state index contributed by atoms with van der Waals surface area (Å²) in [6, 6.07) is 8.39. The third-order valence-corrected chi connectivity index (χ3v) is 4.41. The Hall–Kier alpha value is -2.17. The minimum absolute atomic E-state index is 0.0418. The normalized spacial score (nSPS) is 17.0. The van der Waals surface area contributed by atoms with Crippen molar-refractivity contribution >= 4 is 5.91 Å². The Morgan fingerprint density at radius 3 is 2.82 bits per heavy atom. The molecule has 1 aromatic carbocycles. The van der Waals surface area contributed by atoms with E-state index in [1.807, 2.05) is 6.92 Å². The Morgan fingerprint density at radius 1 is 1.41 bits per heavy atom. The zero-order chi connectivity index (χ0) is 15.6. The molecule has 2 aromatic rings. The van der Waals surface area contributed by atoms with E-state index in [2.05, 4.69) is 46.6 Å². The second kappa shape index (κ2) is 5.91. The number of amides is 1. The Labute approximate surface area is 130 Å². The molecule has 5 heteroatoms. The third kappa shape index (κ3) is 3.35. The molecule has 0 saturated heterocycles.